The van der Waals surface area contributed by atoms with Gasteiger partial charge in [-0.25, -0.2) is 4.98 Å². The van der Waals surface area contributed by atoms with Gasteiger partial charge in [-0.15, -0.1) is 11.3 Å². The van der Waals surface area contributed by atoms with E-state index in [0.717, 1.165) is 37.1 Å². The van der Waals surface area contributed by atoms with Crippen molar-refractivity contribution in [3.63, 3.8) is 0 Å². The van der Waals surface area contributed by atoms with Gasteiger partial charge in [0.05, 0.1) is 24.3 Å². The van der Waals surface area contributed by atoms with E-state index in [-0.39, 0.29) is 5.78 Å². The zero-order chi connectivity index (χ0) is 12.5. The van der Waals surface area contributed by atoms with Gasteiger partial charge in [0.25, 0.3) is 0 Å². The topological polar surface area (TPSA) is 42.4 Å². The van der Waals surface area contributed by atoms with Crippen molar-refractivity contribution in [1.29, 1.82) is 0 Å². The first kappa shape index (κ1) is 12.5. The Labute approximate surface area is 106 Å². The molecule has 2 rings (SSSR count). The molecule has 4 nitrogen and oxygen atoms in total. The molecule has 1 aromatic rings. The van der Waals surface area contributed by atoms with Crippen molar-refractivity contribution in [3.8, 4) is 0 Å². The van der Waals surface area contributed by atoms with E-state index in [2.05, 4.69) is 9.88 Å². The molecule has 2 heterocycles. The molecule has 0 bridgehead atoms. The number of carbonyl (C=O) groups is 1. The standard InChI is InChI=1S/C12H18N2O2S/c1-9(15)12(2,3)10-8-17-11(13-10)14-4-6-16-7-5-14/h8H,4-7H2,1-3H3. The number of carbonyl (C=O) groups excluding carboxylic acids is 1. The molecule has 1 aromatic heterocycles. The number of Topliss-reactive ketones (excluding diaryl/α,β-unsaturated/α-hetero) is 1. The summed E-state index contributed by atoms with van der Waals surface area (Å²) in [5, 5.41) is 2.99. The van der Waals surface area contributed by atoms with Crippen LogP contribution in [0.1, 0.15) is 26.5 Å². The number of hydrogen-bond donors (Lipinski definition) is 0. The lowest BCUT2D eigenvalue weighted by Gasteiger charge is -2.26. The van der Waals surface area contributed by atoms with E-state index in [4.69, 9.17) is 4.74 Å². The summed E-state index contributed by atoms with van der Waals surface area (Å²) in [5.41, 5.74) is 0.387. The molecule has 1 saturated heterocycles. The van der Waals surface area contributed by atoms with Crippen molar-refractivity contribution >= 4 is 22.3 Å². The molecule has 1 aliphatic heterocycles. The summed E-state index contributed by atoms with van der Waals surface area (Å²) in [4.78, 5) is 18.4. The number of ketones is 1. The predicted molar refractivity (Wildman–Crippen MR) is 68.9 cm³/mol. The van der Waals surface area contributed by atoms with Gasteiger partial charge in [0, 0.05) is 18.5 Å². The molecule has 0 N–H and O–H groups in total. The van der Waals surface area contributed by atoms with Crippen molar-refractivity contribution < 1.29 is 9.53 Å². The lowest BCUT2D eigenvalue weighted by molar-refractivity contribution is -0.121. The first-order chi connectivity index (χ1) is 8.01. The van der Waals surface area contributed by atoms with Gasteiger partial charge in [-0.2, -0.15) is 0 Å². The number of aromatic nitrogens is 1. The van der Waals surface area contributed by atoms with Crippen LogP contribution in [0.3, 0.4) is 0 Å². The molecule has 17 heavy (non-hydrogen) atoms. The van der Waals surface area contributed by atoms with E-state index in [1.807, 2.05) is 19.2 Å². The van der Waals surface area contributed by atoms with Crippen molar-refractivity contribution in [2.75, 3.05) is 31.2 Å². The van der Waals surface area contributed by atoms with Gasteiger partial charge in [0.15, 0.2) is 5.13 Å². The van der Waals surface area contributed by atoms with Gasteiger partial charge in [0.1, 0.15) is 5.78 Å². The van der Waals surface area contributed by atoms with Crippen LogP contribution in [0.5, 0.6) is 0 Å². The molecular formula is C12H18N2O2S. The number of hydrogen-bond acceptors (Lipinski definition) is 5. The molecule has 0 amide bonds. The molecule has 0 aliphatic carbocycles. The summed E-state index contributed by atoms with van der Waals surface area (Å²) >= 11 is 1.61. The van der Waals surface area contributed by atoms with Crippen molar-refractivity contribution in [3.05, 3.63) is 11.1 Å². The highest BCUT2D eigenvalue weighted by molar-refractivity contribution is 7.13. The Kier molecular flexibility index (Phi) is 3.49. The minimum Gasteiger partial charge on any atom is -0.378 e. The molecule has 5 heteroatoms. The second-order valence-corrected chi connectivity index (χ2v) is 5.63. The first-order valence-corrected chi connectivity index (χ1v) is 6.69. The van der Waals surface area contributed by atoms with Crippen LogP contribution in [-0.2, 0) is 14.9 Å². The fraction of sp³-hybridized carbons (Fsp3) is 0.667. The van der Waals surface area contributed by atoms with E-state index in [1.54, 1.807) is 18.3 Å². The van der Waals surface area contributed by atoms with Crippen LogP contribution in [0.4, 0.5) is 5.13 Å². The summed E-state index contributed by atoms with van der Waals surface area (Å²) in [6.45, 7) is 8.74. The Morgan fingerprint density at radius 3 is 2.71 bits per heavy atom. The summed E-state index contributed by atoms with van der Waals surface area (Å²) in [6.07, 6.45) is 0. The molecule has 0 spiro atoms. The Morgan fingerprint density at radius 1 is 1.47 bits per heavy atom. The minimum absolute atomic E-state index is 0.149. The van der Waals surface area contributed by atoms with E-state index < -0.39 is 5.41 Å². The zero-order valence-corrected chi connectivity index (χ0v) is 11.3. The van der Waals surface area contributed by atoms with Gasteiger partial charge in [0.2, 0.25) is 0 Å². The maximum absolute atomic E-state index is 11.6. The number of morpholine rings is 1. The van der Waals surface area contributed by atoms with Gasteiger partial charge < -0.3 is 9.64 Å². The number of rotatable bonds is 3. The highest BCUT2D eigenvalue weighted by Gasteiger charge is 2.29. The highest BCUT2D eigenvalue weighted by Crippen LogP contribution is 2.29. The maximum Gasteiger partial charge on any atom is 0.185 e. The van der Waals surface area contributed by atoms with Crippen LogP contribution in [0.15, 0.2) is 5.38 Å². The number of ether oxygens (including phenoxy) is 1. The smallest absolute Gasteiger partial charge is 0.185 e. The molecule has 1 fully saturated rings. The Balaban J connectivity index is 2.17. The average Bonchev–Trinajstić information content (AvgIpc) is 2.80. The van der Waals surface area contributed by atoms with Gasteiger partial charge in [-0.3, -0.25) is 4.79 Å². The summed E-state index contributed by atoms with van der Waals surface area (Å²) < 4.78 is 5.31. The van der Waals surface area contributed by atoms with Crippen molar-refractivity contribution in [2.45, 2.75) is 26.2 Å². The predicted octanol–water partition coefficient (Wildman–Crippen LogP) is 1.85. The molecular weight excluding hydrogens is 236 g/mol. The van der Waals surface area contributed by atoms with E-state index in [1.165, 1.54) is 0 Å². The largest absolute Gasteiger partial charge is 0.378 e. The molecule has 0 unspecified atom stereocenters. The Hall–Kier alpha value is -0.940. The van der Waals surface area contributed by atoms with Gasteiger partial charge in [-0.05, 0) is 20.8 Å². The Morgan fingerprint density at radius 2 is 2.12 bits per heavy atom. The van der Waals surface area contributed by atoms with Crippen molar-refractivity contribution in [1.82, 2.24) is 4.98 Å². The lowest BCUT2D eigenvalue weighted by atomic mass is 9.86. The third-order valence-electron chi connectivity index (χ3n) is 3.29. The average molecular weight is 254 g/mol. The van der Waals surface area contributed by atoms with Crippen LogP contribution < -0.4 is 4.90 Å². The van der Waals surface area contributed by atoms with Crippen LogP contribution in [-0.4, -0.2) is 37.1 Å². The summed E-state index contributed by atoms with van der Waals surface area (Å²) in [6, 6.07) is 0. The summed E-state index contributed by atoms with van der Waals surface area (Å²) in [5.74, 6) is 0.149. The van der Waals surface area contributed by atoms with Gasteiger partial charge >= 0.3 is 0 Å². The molecule has 94 valence electrons. The fourth-order valence-electron chi connectivity index (χ4n) is 1.63. The second-order valence-electron chi connectivity index (χ2n) is 4.80. The normalized spacial score (nSPS) is 17.2. The minimum atomic E-state index is -0.485. The molecule has 0 aromatic carbocycles. The zero-order valence-electron chi connectivity index (χ0n) is 10.5. The fourth-order valence-corrected chi connectivity index (χ4v) is 2.68. The second kappa shape index (κ2) is 4.74. The molecule has 0 atom stereocenters. The number of nitrogens with zero attached hydrogens (tertiary/aromatic N) is 2. The maximum atomic E-state index is 11.6. The number of thiazole rings is 1. The quantitative estimate of drug-likeness (QED) is 0.825. The van der Waals surface area contributed by atoms with Crippen LogP contribution in [0.25, 0.3) is 0 Å². The molecule has 1 aliphatic rings. The van der Waals surface area contributed by atoms with E-state index in [0.29, 0.717) is 0 Å². The highest BCUT2D eigenvalue weighted by atomic mass is 32.1. The number of anilines is 1. The Bertz CT molecular complexity index is 408. The van der Waals surface area contributed by atoms with Crippen LogP contribution >= 0.6 is 11.3 Å². The third-order valence-corrected chi connectivity index (χ3v) is 4.20. The van der Waals surface area contributed by atoms with Crippen LogP contribution in [0, 0.1) is 0 Å². The van der Waals surface area contributed by atoms with E-state index >= 15 is 0 Å². The lowest BCUT2D eigenvalue weighted by Crippen LogP contribution is -2.36. The summed E-state index contributed by atoms with van der Waals surface area (Å²) in [7, 11) is 0. The van der Waals surface area contributed by atoms with Crippen LogP contribution in [0.2, 0.25) is 0 Å². The molecule has 0 radical (unpaired) electrons. The first-order valence-electron chi connectivity index (χ1n) is 5.81. The monoisotopic (exact) mass is 254 g/mol. The van der Waals surface area contributed by atoms with Gasteiger partial charge in [-0.1, -0.05) is 0 Å². The molecule has 0 saturated carbocycles. The van der Waals surface area contributed by atoms with Crippen molar-refractivity contribution in [2.24, 2.45) is 0 Å². The SMILES string of the molecule is CC(=O)C(C)(C)c1csc(N2CCOCC2)n1. The third kappa shape index (κ3) is 2.50. The van der Waals surface area contributed by atoms with E-state index in [9.17, 15) is 4.79 Å².